The van der Waals surface area contributed by atoms with Crippen molar-refractivity contribution in [3.8, 4) is 17.1 Å². The summed E-state index contributed by atoms with van der Waals surface area (Å²) in [5, 5.41) is 13.9. The van der Waals surface area contributed by atoms with Gasteiger partial charge in [0.25, 0.3) is 0 Å². The van der Waals surface area contributed by atoms with E-state index in [2.05, 4.69) is 10.1 Å². The Morgan fingerprint density at radius 3 is 2.62 bits per heavy atom. The summed E-state index contributed by atoms with van der Waals surface area (Å²) in [5.41, 5.74) is 2.33. The molecule has 0 spiro atoms. The van der Waals surface area contributed by atoms with Gasteiger partial charge in [-0.25, -0.2) is 9.78 Å². The quantitative estimate of drug-likeness (QED) is 0.754. The van der Waals surface area contributed by atoms with Crippen molar-refractivity contribution >= 4 is 5.97 Å². The first kappa shape index (κ1) is 15.7. The normalized spacial score (nSPS) is 10.5. The molecular weight excluding hydrogens is 306 g/mol. The molecule has 0 saturated heterocycles. The zero-order chi connectivity index (χ0) is 16.9. The van der Waals surface area contributed by atoms with Gasteiger partial charge < -0.3 is 9.84 Å². The molecule has 3 rings (SSSR count). The summed E-state index contributed by atoms with van der Waals surface area (Å²) in [6, 6.07) is 13.0. The Morgan fingerprint density at radius 1 is 1.21 bits per heavy atom. The average Bonchev–Trinajstić information content (AvgIpc) is 3.02. The molecule has 2 heterocycles. The third kappa shape index (κ3) is 3.43. The number of carbonyl (C=O) groups is 1. The van der Waals surface area contributed by atoms with E-state index >= 15 is 0 Å². The third-order valence-electron chi connectivity index (χ3n) is 3.47. The fourth-order valence-electron chi connectivity index (χ4n) is 2.39. The first-order valence-electron chi connectivity index (χ1n) is 7.61. The van der Waals surface area contributed by atoms with Crippen molar-refractivity contribution in [2.75, 3.05) is 6.61 Å². The molecule has 2 aromatic heterocycles. The number of rotatable bonds is 6. The summed E-state index contributed by atoms with van der Waals surface area (Å²) in [5.74, 6) is -0.428. The van der Waals surface area contributed by atoms with Crippen LogP contribution in [0.1, 0.15) is 22.8 Å². The van der Waals surface area contributed by atoms with Crippen molar-refractivity contribution in [1.29, 1.82) is 0 Å². The van der Waals surface area contributed by atoms with Crippen molar-refractivity contribution in [1.82, 2.24) is 14.8 Å². The van der Waals surface area contributed by atoms with Crippen molar-refractivity contribution in [2.24, 2.45) is 0 Å². The number of ether oxygens (including phenoxy) is 1. The second kappa shape index (κ2) is 6.95. The minimum absolute atomic E-state index is 0.181. The zero-order valence-electron chi connectivity index (χ0n) is 13.2. The molecule has 0 amide bonds. The highest BCUT2D eigenvalue weighted by atomic mass is 16.5. The molecule has 0 atom stereocenters. The Hall–Kier alpha value is -3.15. The van der Waals surface area contributed by atoms with E-state index in [-0.39, 0.29) is 5.56 Å². The minimum atomic E-state index is -0.995. The highest BCUT2D eigenvalue weighted by Gasteiger charge is 2.17. The number of aromatic carboxylic acids is 1. The maximum absolute atomic E-state index is 11.5. The maximum Gasteiger partial charge on any atom is 0.339 e. The van der Waals surface area contributed by atoms with Crippen molar-refractivity contribution in [2.45, 2.75) is 13.5 Å². The van der Waals surface area contributed by atoms with Crippen LogP contribution in [0.2, 0.25) is 0 Å². The van der Waals surface area contributed by atoms with Crippen LogP contribution < -0.4 is 4.74 Å². The van der Waals surface area contributed by atoms with E-state index in [1.165, 1.54) is 0 Å². The molecule has 0 aliphatic carbocycles. The van der Waals surface area contributed by atoms with Gasteiger partial charge in [-0.05, 0) is 12.5 Å². The van der Waals surface area contributed by atoms with Crippen LogP contribution in [0.5, 0.6) is 5.88 Å². The van der Waals surface area contributed by atoms with Crippen LogP contribution in [-0.2, 0) is 6.54 Å². The molecule has 0 unspecified atom stereocenters. The summed E-state index contributed by atoms with van der Waals surface area (Å²) in [6.07, 6.45) is 3.25. The molecule has 6 nitrogen and oxygen atoms in total. The predicted octanol–water partition coefficient (Wildman–Crippen LogP) is 3.09. The maximum atomic E-state index is 11.5. The largest absolute Gasteiger partial charge is 0.478 e. The Kier molecular flexibility index (Phi) is 4.56. The Bertz CT molecular complexity index is 826. The number of carboxylic acids is 1. The van der Waals surface area contributed by atoms with Crippen LogP contribution in [0.15, 0.2) is 54.9 Å². The van der Waals surface area contributed by atoms with Crippen LogP contribution >= 0.6 is 0 Å². The van der Waals surface area contributed by atoms with Gasteiger partial charge in [-0.15, -0.1) is 0 Å². The highest BCUT2D eigenvalue weighted by molar-refractivity contribution is 5.94. The molecule has 6 heteroatoms. The van der Waals surface area contributed by atoms with Gasteiger partial charge >= 0.3 is 5.97 Å². The van der Waals surface area contributed by atoms with Gasteiger partial charge in [-0.2, -0.15) is 5.10 Å². The van der Waals surface area contributed by atoms with E-state index < -0.39 is 5.97 Å². The zero-order valence-corrected chi connectivity index (χ0v) is 13.2. The van der Waals surface area contributed by atoms with Gasteiger partial charge in [0.2, 0.25) is 5.88 Å². The summed E-state index contributed by atoms with van der Waals surface area (Å²) in [7, 11) is 0. The lowest BCUT2D eigenvalue weighted by Gasteiger charge is -2.04. The van der Waals surface area contributed by atoms with E-state index in [1.54, 1.807) is 23.1 Å². The summed E-state index contributed by atoms with van der Waals surface area (Å²) >= 11 is 0. The van der Waals surface area contributed by atoms with Gasteiger partial charge in [0.15, 0.2) is 0 Å². The van der Waals surface area contributed by atoms with Gasteiger partial charge in [0, 0.05) is 24.0 Å². The lowest BCUT2D eigenvalue weighted by atomic mass is 10.1. The van der Waals surface area contributed by atoms with Crippen molar-refractivity contribution in [3.05, 3.63) is 66.0 Å². The highest BCUT2D eigenvalue weighted by Crippen LogP contribution is 2.22. The molecule has 0 bridgehead atoms. The molecule has 3 aromatic rings. The van der Waals surface area contributed by atoms with Crippen LogP contribution in [-0.4, -0.2) is 32.4 Å². The number of nitrogens with zero attached hydrogens (tertiary/aromatic N) is 3. The lowest BCUT2D eigenvalue weighted by molar-refractivity contribution is 0.0697. The number of pyridine rings is 1. The summed E-state index contributed by atoms with van der Waals surface area (Å²) in [6.45, 7) is 2.90. The topological polar surface area (TPSA) is 77.2 Å². The second-order valence-electron chi connectivity index (χ2n) is 5.20. The van der Waals surface area contributed by atoms with Crippen molar-refractivity contribution < 1.29 is 14.6 Å². The standard InChI is InChI=1S/C18H17N3O3/c1-2-24-16-9-8-13(10-19-16)11-21-12-15(18(22)23)17(20-21)14-6-4-3-5-7-14/h3-10,12H,2,11H2,1H3,(H,22,23). The molecule has 0 saturated carbocycles. The average molecular weight is 323 g/mol. The first-order valence-corrected chi connectivity index (χ1v) is 7.61. The Balaban J connectivity index is 1.88. The van der Waals surface area contributed by atoms with E-state index in [0.29, 0.717) is 24.7 Å². The summed E-state index contributed by atoms with van der Waals surface area (Å²) in [4.78, 5) is 15.7. The molecule has 1 aromatic carbocycles. The number of benzene rings is 1. The third-order valence-corrected chi connectivity index (χ3v) is 3.47. The fourth-order valence-corrected chi connectivity index (χ4v) is 2.39. The molecule has 0 aliphatic rings. The Morgan fingerprint density at radius 2 is 2.00 bits per heavy atom. The number of aromatic nitrogens is 3. The number of carboxylic acid groups (broad SMARTS) is 1. The number of hydrogen-bond donors (Lipinski definition) is 1. The first-order chi connectivity index (χ1) is 11.7. The van der Waals surface area contributed by atoms with Crippen LogP contribution in [0.25, 0.3) is 11.3 Å². The molecular formula is C18H17N3O3. The molecule has 0 fully saturated rings. The van der Waals surface area contributed by atoms with E-state index in [4.69, 9.17) is 4.74 Å². The van der Waals surface area contributed by atoms with Gasteiger partial charge in [0.1, 0.15) is 11.3 Å². The fraction of sp³-hybridized carbons (Fsp3) is 0.167. The van der Waals surface area contributed by atoms with Crippen molar-refractivity contribution in [3.63, 3.8) is 0 Å². The molecule has 1 N–H and O–H groups in total. The lowest BCUT2D eigenvalue weighted by Crippen LogP contribution is -2.02. The van der Waals surface area contributed by atoms with Gasteiger partial charge in [-0.1, -0.05) is 36.4 Å². The monoisotopic (exact) mass is 323 g/mol. The van der Waals surface area contributed by atoms with E-state index in [9.17, 15) is 9.90 Å². The van der Waals surface area contributed by atoms with Crippen LogP contribution in [0.3, 0.4) is 0 Å². The number of hydrogen-bond acceptors (Lipinski definition) is 4. The smallest absolute Gasteiger partial charge is 0.339 e. The van der Waals surface area contributed by atoms with Gasteiger partial charge in [-0.3, -0.25) is 4.68 Å². The SMILES string of the molecule is CCOc1ccc(Cn2cc(C(=O)O)c(-c3ccccc3)n2)cn1. The predicted molar refractivity (Wildman–Crippen MR) is 89.1 cm³/mol. The van der Waals surface area contributed by atoms with E-state index in [1.807, 2.05) is 43.3 Å². The van der Waals surface area contributed by atoms with Crippen LogP contribution in [0, 0.1) is 0 Å². The van der Waals surface area contributed by atoms with E-state index in [0.717, 1.165) is 11.1 Å². The van der Waals surface area contributed by atoms with Gasteiger partial charge in [0.05, 0.1) is 13.2 Å². The summed E-state index contributed by atoms with van der Waals surface area (Å²) < 4.78 is 6.93. The molecule has 0 aliphatic heterocycles. The second-order valence-corrected chi connectivity index (χ2v) is 5.20. The minimum Gasteiger partial charge on any atom is -0.478 e. The van der Waals surface area contributed by atoms with Crippen LogP contribution in [0.4, 0.5) is 0 Å². The molecule has 122 valence electrons. The molecule has 0 radical (unpaired) electrons. The Labute approximate surface area is 139 Å². The molecule has 24 heavy (non-hydrogen) atoms.